The van der Waals surface area contributed by atoms with Crippen molar-refractivity contribution in [3.05, 3.63) is 57.8 Å². The highest BCUT2D eigenvalue weighted by Gasteiger charge is 2.21. The molecule has 0 radical (unpaired) electrons. The highest BCUT2D eigenvalue weighted by molar-refractivity contribution is 7.12. The third-order valence-electron chi connectivity index (χ3n) is 4.31. The normalized spacial score (nSPS) is 15.6. The van der Waals surface area contributed by atoms with Gasteiger partial charge in [-0.15, -0.1) is 11.3 Å². The predicted octanol–water partition coefficient (Wildman–Crippen LogP) is 1.79. The van der Waals surface area contributed by atoms with Gasteiger partial charge in [-0.05, 0) is 41.8 Å². The van der Waals surface area contributed by atoms with Crippen molar-refractivity contribution in [3.63, 3.8) is 0 Å². The second-order valence-electron chi connectivity index (χ2n) is 6.15. The fourth-order valence-corrected chi connectivity index (χ4v) is 3.69. The van der Waals surface area contributed by atoms with Crippen molar-refractivity contribution in [3.8, 4) is 0 Å². The first-order chi connectivity index (χ1) is 12.6. The summed E-state index contributed by atoms with van der Waals surface area (Å²) in [6.45, 7) is -0.261. The molecule has 3 amide bonds. The van der Waals surface area contributed by atoms with Gasteiger partial charge in [0.05, 0.1) is 24.0 Å². The smallest absolute Gasteiger partial charge is 0.261 e. The number of aryl methyl sites for hydroxylation is 1. The van der Waals surface area contributed by atoms with Crippen molar-refractivity contribution in [2.45, 2.75) is 25.3 Å². The average Bonchev–Trinajstić information content (AvgIpc) is 3.19. The zero-order chi connectivity index (χ0) is 18.4. The lowest BCUT2D eigenvalue weighted by atomic mass is 9.88. The van der Waals surface area contributed by atoms with E-state index in [-0.39, 0.29) is 30.9 Å². The van der Waals surface area contributed by atoms with Crippen molar-refractivity contribution in [1.29, 1.82) is 0 Å². The molecule has 0 bridgehead atoms. The number of fused-ring (bicyclic) bond motifs is 1. The second-order valence-corrected chi connectivity index (χ2v) is 7.10. The lowest BCUT2D eigenvalue weighted by Crippen LogP contribution is -2.43. The van der Waals surface area contributed by atoms with Crippen molar-refractivity contribution in [2.24, 2.45) is 0 Å². The number of benzene rings is 1. The van der Waals surface area contributed by atoms with Crippen LogP contribution in [0.3, 0.4) is 0 Å². The summed E-state index contributed by atoms with van der Waals surface area (Å²) >= 11 is 1.31. The van der Waals surface area contributed by atoms with Crippen LogP contribution in [0, 0.1) is 0 Å². The van der Waals surface area contributed by atoms with Gasteiger partial charge in [-0.3, -0.25) is 14.4 Å². The van der Waals surface area contributed by atoms with E-state index in [0.29, 0.717) is 4.88 Å². The summed E-state index contributed by atoms with van der Waals surface area (Å²) < 4.78 is 0. The minimum atomic E-state index is -0.394. The molecule has 0 aliphatic heterocycles. The van der Waals surface area contributed by atoms with E-state index in [1.54, 1.807) is 17.5 Å². The summed E-state index contributed by atoms with van der Waals surface area (Å²) in [6, 6.07) is 11.6. The number of carbonyl (C=O) groups excluding carboxylic acids is 3. The average molecular weight is 371 g/mol. The van der Waals surface area contributed by atoms with Gasteiger partial charge in [0, 0.05) is 0 Å². The van der Waals surface area contributed by atoms with E-state index in [0.717, 1.165) is 24.8 Å². The van der Waals surface area contributed by atoms with Crippen LogP contribution >= 0.6 is 11.3 Å². The van der Waals surface area contributed by atoms with E-state index in [4.69, 9.17) is 0 Å². The Bertz CT molecular complexity index is 789. The maximum Gasteiger partial charge on any atom is 0.261 e. The van der Waals surface area contributed by atoms with Gasteiger partial charge < -0.3 is 16.0 Å². The van der Waals surface area contributed by atoms with Gasteiger partial charge in [0.1, 0.15) is 0 Å². The van der Waals surface area contributed by atoms with Crippen molar-refractivity contribution < 1.29 is 14.4 Å². The van der Waals surface area contributed by atoms with Gasteiger partial charge in [-0.2, -0.15) is 0 Å². The molecule has 1 aromatic carbocycles. The van der Waals surface area contributed by atoms with Gasteiger partial charge in [0.25, 0.3) is 5.91 Å². The predicted molar refractivity (Wildman–Crippen MR) is 99.9 cm³/mol. The molecule has 2 aromatic rings. The molecule has 0 spiro atoms. The standard InChI is InChI=1S/C19H21N3O3S/c23-17(11-21-19(25)16-9-4-10-26-16)20-12-18(24)22-15-8-3-6-13-5-1-2-7-14(13)15/h1-2,4-5,7,9-10,15H,3,6,8,11-12H2,(H,20,23)(H,21,25)(H,22,24)/t15-/m0/s1. The highest BCUT2D eigenvalue weighted by Crippen LogP contribution is 2.29. The number of amides is 3. The van der Waals surface area contributed by atoms with Gasteiger partial charge in [-0.25, -0.2) is 0 Å². The molecule has 1 aliphatic carbocycles. The van der Waals surface area contributed by atoms with E-state index in [1.807, 2.05) is 18.2 Å². The van der Waals surface area contributed by atoms with E-state index < -0.39 is 5.91 Å². The minimum absolute atomic E-state index is 0.0112. The molecule has 1 atom stereocenters. The summed E-state index contributed by atoms with van der Waals surface area (Å²) in [5.41, 5.74) is 2.42. The molecular formula is C19H21N3O3S. The van der Waals surface area contributed by atoms with Gasteiger partial charge in [-0.1, -0.05) is 30.3 Å². The van der Waals surface area contributed by atoms with Crippen LogP contribution in [0.4, 0.5) is 0 Å². The van der Waals surface area contributed by atoms with Crippen LogP contribution in [0.25, 0.3) is 0 Å². The number of nitrogens with one attached hydrogen (secondary N) is 3. The first kappa shape index (κ1) is 18.1. The van der Waals surface area contributed by atoms with Crippen LogP contribution in [0.2, 0.25) is 0 Å². The van der Waals surface area contributed by atoms with Crippen molar-refractivity contribution in [1.82, 2.24) is 16.0 Å². The molecule has 7 heteroatoms. The van der Waals surface area contributed by atoms with E-state index in [1.165, 1.54) is 16.9 Å². The molecule has 1 aliphatic rings. The molecule has 0 fully saturated rings. The van der Waals surface area contributed by atoms with Crippen molar-refractivity contribution >= 4 is 29.1 Å². The lowest BCUT2D eigenvalue weighted by molar-refractivity contribution is -0.126. The topological polar surface area (TPSA) is 87.3 Å². The monoisotopic (exact) mass is 371 g/mol. The number of rotatable bonds is 6. The van der Waals surface area contributed by atoms with E-state index in [9.17, 15) is 14.4 Å². The first-order valence-electron chi connectivity index (χ1n) is 8.59. The summed E-state index contributed by atoms with van der Waals surface area (Å²) in [5, 5.41) is 9.84. The summed E-state index contributed by atoms with van der Waals surface area (Å²) in [5.74, 6) is -0.919. The van der Waals surface area contributed by atoms with Crippen LogP contribution in [0.15, 0.2) is 41.8 Å². The molecule has 136 valence electrons. The number of hydrogen-bond donors (Lipinski definition) is 3. The minimum Gasteiger partial charge on any atom is -0.348 e. The SMILES string of the molecule is O=C(CNC(=O)c1cccs1)NCC(=O)N[C@H]1CCCc2ccccc21. The second kappa shape index (κ2) is 8.62. The maximum atomic E-state index is 12.1. The largest absolute Gasteiger partial charge is 0.348 e. The van der Waals surface area contributed by atoms with Crippen LogP contribution in [-0.4, -0.2) is 30.8 Å². The van der Waals surface area contributed by atoms with Gasteiger partial charge >= 0.3 is 0 Å². The van der Waals surface area contributed by atoms with E-state index in [2.05, 4.69) is 22.0 Å². The van der Waals surface area contributed by atoms with Crippen LogP contribution < -0.4 is 16.0 Å². The maximum absolute atomic E-state index is 12.1. The molecule has 3 N–H and O–H groups in total. The Hall–Kier alpha value is -2.67. The Balaban J connectivity index is 1.42. The molecule has 3 rings (SSSR count). The Morgan fingerprint density at radius 1 is 1.00 bits per heavy atom. The van der Waals surface area contributed by atoms with Crippen LogP contribution in [-0.2, 0) is 16.0 Å². The summed E-state index contributed by atoms with van der Waals surface area (Å²) in [6.07, 6.45) is 2.96. The number of carbonyl (C=O) groups is 3. The molecule has 0 saturated heterocycles. The zero-order valence-electron chi connectivity index (χ0n) is 14.3. The zero-order valence-corrected chi connectivity index (χ0v) is 15.1. The summed E-state index contributed by atoms with van der Waals surface area (Å²) in [4.78, 5) is 36.3. The van der Waals surface area contributed by atoms with Gasteiger partial charge in [0.15, 0.2) is 0 Å². The molecule has 1 heterocycles. The fraction of sp³-hybridized carbons (Fsp3) is 0.316. The molecule has 0 unspecified atom stereocenters. The van der Waals surface area contributed by atoms with E-state index >= 15 is 0 Å². The Labute approximate surface area is 156 Å². The summed E-state index contributed by atoms with van der Waals surface area (Å²) in [7, 11) is 0. The Morgan fingerprint density at radius 3 is 2.62 bits per heavy atom. The third kappa shape index (κ3) is 4.70. The number of hydrogen-bond acceptors (Lipinski definition) is 4. The Morgan fingerprint density at radius 2 is 1.81 bits per heavy atom. The molecule has 0 saturated carbocycles. The molecule has 6 nitrogen and oxygen atoms in total. The number of thiophene rings is 1. The van der Waals surface area contributed by atoms with Crippen LogP contribution in [0.1, 0.15) is 39.7 Å². The molecule has 1 aromatic heterocycles. The fourth-order valence-electron chi connectivity index (χ4n) is 3.05. The van der Waals surface area contributed by atoms with Gasteiger partial charge in [0.2, 0.25) is 11.8 Å². The molecular weight excluding hydrogens is 350 g/mol. The molecule has 26 heavy (non-hydrogen) atoms. The Kier molecular flexibility index (Phi) is 6.01. The first-order valence-corrected chi connectivity index (χ1v) is 9.47. The quantitative estimate of drug-likeness (QED) is 0.723. The lowest BCUT2D eigenvalue weighted by Gasteiger charge is -2.26. The third-order valence-corrected chi connectivity index (χ3v) is 5.17. The highest BCUT2D eigenvalue weighted by atomic mass is 32.1. The van der Waals surface area contributed by atoms with Crippen LogP contribution in [0.5, 0.6) is 0 Å². The van der Waals surface area contributed by atoms with Crippen molar-refractivity contribution in [2.75, 3.05) is 13.1 Å².